The van der Waals surface area contributed by atoms with Crippen LogP contribution >= 0.6 is 27.5 Å². The second-order valence-electron chi connectivity index (χ2n) is 4.94. The van der Waals surface area contributed by atoms with E-state index in [2.05, 4.69) is 41.2 Å². The van der Waals surface area contributed by atoms with Gasteiger partial charge in [-0.05, 0) is 49.2 Å². The van der Waals surface area contributed by atoms with Gasteiger partial charge in [-0.25, -0.2) is 0 Å². The lowest BCUT2D eigenvalue weighted by Crippen LogP contribution is -2.04. The first-order valence-electron chi connectivity index (χ1n) is 7.01. The van der Waals surface area contributed by atoms with E-state index in [-0.39, 0.29) is 0 Å². The molecule has 0 saturated heterocycles. The van der Waals surface area contributed by atoms with E-state index in [0.717, 1.165) is 39.5 Å². The molecule has 0 heterocycles. The molecule has 0 saturated carbocycles. The highest BCUT2D eigenvalue weighted by atomic mass is 79.9. The van der Waals surface area contributed by atoms with Gasteiger partial charge in [-0.3, -0.25) is 0 Å². The lowest BCUT2D eigenvalue weighted by atomic mass is 10.2. The van der Waals surface area contributed by atoms with Gasteiger partial charge in [-0.15, -0.1) is 0 Å². The van der Waals surface area contributed by atoms with Crippen molar-refractivity contribution in [1.82, 2.24) is 0 Å². The van der Waals surface area contributed by atoms with Crippen LogP contribution in [0.4, 0.5) is 5.69 Å². The van der Waals surface area contributed by atoms with Crippen LogP contribution in [0.3, 0.4) is 0 Å². The number of benzene rings is 2. The van der Waals surface area contributed by atoms with Crippen LogP contribution in [-0.2, 0) is 6.54 Å². The molecule has 0 spiro atoms. The van der Waals surface area contributed by atoms with E-state index in [1.807, 2.05) is 30.3 Å². The lowest BCUT2D eigenvalue weighted by Gasteiger charge is -2.14. The summed E-state index contributed by atoms with van der Waals surface area (Å²) >= 11 is 9.72. The third-order valence-corrected chi connectivity index (χ3v) is 3.90. The van der Waals surface area contributed by atoms with Gasteiger partial charge >= 0.3 is 0 Å². The maximum absolute atomic E-state index is 6.21. The summed E-state index contributed by atoms with van der Waals surface area (Å²) in [7, 11) is 0. The van der Waals surface area contributed by atoms with E-state index in [9.17, 15) is 0 Å². The number of hydrogen-bond donors (Lipinski definition) is 1. The van der Waals surface area contributed by atoms with Gasteiger partial charge in [0.1, 0.15) is 5.75 Å². The molecule has 0 amide bonds. The third-order valence-electron chi connectivity index (χ3n) is 3.08. The second kappa shape index (κ2) is 7.71. The Labute approximate surface area is 139 Å². The van der Waals surface area contributed by atoms with Crippen LogP contribution in [0.5, 0.6) is 5.75 Å². The van der Waals surface area contributed by atoms with Gasteiger partial charge in [0.05, 0.1) is 17.3 Å². The minimum absolute atomic E-state index is 0.668. The Balaban J connectivity index is 2.14. The topological polar surface area (TPSA) is 21.3 Å². The van der Waals surface area contributed by atoms with Crippen molar-refractivity contribution in [1.29, 1.82) is 0 Å². The molecule has 2 rings (SSSR count). The quantitative estimate of drug-likeness (QED) is 0.694. The summed E-state index contributed by atoms with van der Waals surface area (Å²) in [5.41, 5.74) is 3.23. The van der Waals surface area contributed by atoms with E-state index in [4.69, 9.17) is 16.3 Å². The van der Waals surface area contributed by atoms with Crippen LogP contribution < -0.4 is 10.1 Å². The van der Waals surface area contributed by atoms with Crippen LogP contribution in [0, 0.1) is 6.92 Å². The summed E-state index contributed by atoms with van der Waals surface area (Å²) in [6.45, 7) is 5.54. The number of ether oxygens (including phenoxy) is 1. The molecule has 0 radical (unpaired) electrons. The normalized spacial score (nSPS) is 10.5. The van der Waals surface area contributed by atoms with Crippen molar-refractivity contribution in [3.05, 3.63) is 57.0 Å². The molecule has 0 bridgehead atoms. The summed E-state index contributed by atoms with van der Waals surface area (Å²) in [5.74, 6) is 0.913. The zero-order chi connectivity index (χ0) is 15.2. The van der Waals surface area contributed by atoms with Crippen molar-refractivity contribution in [3.8, 4) is 5.75 Å². The van der Waals surface area contributed by atoms with Crippen molar-refractivity contribution < 1.29 is 4.74 Å². The van der Waals surface area contributed by atoms with Crippen LogP contribution in [0.1, 0.15) is 24.5 Å². The Morgan fingerprint density at radius 1 is 1.19 bits per heavy atom. The highest BCUT2D eigenvalue weighted by molar-refractivity contribution is 9.10. The standard InChI is InChI=1S/C17H19BrClNO/c1-3-8-21-17-7-5-14(18)10-13(17)11-20-16-9-12(2)4-6-15(16)19/h4-7,9-10,20H,3,8,11H2,1-2H3. The number of halogens is 2. The molecule has 0 atom stereocenters. The Bertz CT molecular complexity index is 616. The average Bonchev–Trinajstić information content (AvgIpc) is 2.47. The van der Waals surface area contributed by atoms with E-state index >= 15 is 0 Å². The molecule has 0 aromatic heterocycles. The molecule has 0 aliphatic carbocycles. The van der Waals surface area contributed by atoms with Gasteiger partial charge in [0, 0.05) is 16.6 Å². The number of nitrogens with one attached hydrogen (secondary N) is 1. The lowest BCUT2D eigenvalue weighted by molar-refractivity contribution is 0.314. The first-order chi connectivity index (χ1) is 10.1. The summed E-state index contributed by atoms with van der Waals surface area (Å²) in [6.07, 6.45) is 0.993. The van der Waals surface area contributed by atoms with Gasteiger partial charge in [-0.1, -0.05) is 40.5 Å². The molecule has 21 heavy (non-hydrogen) atoms. The van der Waals surface area contributed by atoms with Crippen molar-refractivity contribution in [2.75, 3.05) is 11.9 Å². The van der Waals surface area contributed by atoms with Crippen molar-refractivity contribution >= 4 is 33.2 Å². The predicted molar refractivity (Wildman–Crippen MR) is 93.4 cm³/mol. The van der Waals surface area contributed by atoms with Crippen molar-refractivity contribution in [2.24, 2.45) is 0 Å². The first-order valence-corrected chi connectivity index (χ1v) is 8.18. The fourth-order valence-electron chi connectivity index (χ4n) is 2.00. The van der Waals surface area contributed by atoms with E-state index < -0.39 is 0 Å². The molecule has 2 aromatic rings. The zero-order valence-corrected chi connectivity index (χ0v) is 14.6. The predicted octanol–water partition coefficient (Wildman–Crippen LogP) is 5.81. The fourth-order valence-corrected chi connectivity index (χ4v) is 2.60. The summed E-state index contributed by atoms with van der Waals surface area (Å²) < 4.78 is 6.83. The van der Waals surface area contributed by atoms with Crippen LogP contribution in [0.2, 0.25) is 5.02 Å². The highest BCUT2D eigenvalue weighted by Crippen LogP contribution is 2.27. The maximum atomic E-state index is 6.21. The molecule has 1 N–H and O–H groups in total. The van der Waals surface area contributed by atoms with Gasteiger partial charge in [0.2, 0.25) is 0 Å². The van der Waals surface area contributed by atoms with E-state index in [1.54, 1.807) is 0 Å². The smallest absolute Gasteiger partial charge is 0.124 e. The number of hydrogen-bond acceptors (Lipinski definition) is 2. The second-order valence-corrected chi connectivity index (χ2v) is 6.26. The average molecular weight is 369 g/mol. The maximum Gasteiger partial charge on any atom is 0.124 e. The number of anilines is 1. The highest BCUT2D eigenvalue weighted by Gasteiger charge is 2.06. The van der Waals surface area contributed by atoms with Gasteiger partial charge < -0.3 is 10.1 Å². The molecule has 0 aliphatic heterocycles. The zero-order valence-electron chi connectivity index (χ0n) is 12.2. The minimum Gasteiger partial charge on any atom is -0.493 e. The summed E-state index contributed by atoms with van der Waals surface area (Å²) in [5, 5.41) is 4.11. The van der Waals surface area contributed by atoms with Gasteiger partial charge in [-0.2, -0.15) is 0 Å². The van der Waals surface area contributed by atoms with Crippen LogP contribution in [0.15, 0.2) is 40.9 Å². The Morgan fingerprint density at radius 2 is 2.00 bits per heavy atom. The van der Waals surface area contributed by atoms with Crippen molar-refractivity contribution in [2.45, 2.75) is 26.8 Å². The monoisotopic (exact) mass is 367 g/mol. The molecule has 2 nitrogen and oxygen atoms in total. The molecule has 0 aliphatic rings. The molecule has 2 aromatic carbocycles. The van der Waals surface area contributed by atoms with Crippen LogP contribution in [-0.4, -0.2) is 6.61 Å². The third kappa shape index (κ3) is 4.65. The molecule has 112 valence electrons. The fraction of sp³-hybridized carbons (Fsp3) is 0.294. The summed E-state index contributed by atoms with van der Waals surface area (Å²) in [4.78, 5) is 0. The van der Waals surface area contributed by atoms with Crippen molar-refractivity contribution in [3.63, 3.8) is 0 Å². The molecular formula is C17H19BrClNO. The Morgan fingerprint density at radius 3 is 2.76 bits per heavy atom. The van der Waals surface area contributed by atoms with Crippen LogP contribution in [0.25, 0.3) is 0 Å². The molecule has 0 unspecified atom stereocenters. The Hall–Kier alpha value is -1.19. The number of rotatable bonds is 6. The minimum atomic E-state index is 0.668. The molecular weight excluding hydrogens is 350 g/mol. The molecule has 0 fully saturated rings. The van der Waals surface area contributed by atoms with E-state index in [1.165, 1.54) is 5.56 Å². The largest absolute Gasteiger partial charge is 0.493 e. The first kappa shape index (κ1) is 16.2. The van der Waals surface area contributed by atoms with Gasteiger partial charge in [0.25, 0.3) is 0 Å². The van der Waals surface area contributed by atoms with Gasteiger partial charge in [0.15, 0.2) is 0 Å². The molecule has 4 heteroatoms. The Kier molecular flexibility index (Phi) is 5.95. The SMILES string of the molecule is CCCOc1ccc(Br)cc1CNc1cc(C)ccc1Cl. The number of aryl methyl sites for hydroxylation is 1. The van der Waals surface area contributed by atoms with E-state index in [0.29, 0.717) is 6.54 Å². The summed E-state index contributed by atoms with van der Waals surface area (Å²) in [6, 6.07) is 12.0.